The van der Waals surface area contributed by atoms with E-state index in [4.69, 9.17) is 9.47 Å². The highest BCUT2D eigenvalue weighted by Crippen LogP contribution is 2.23. The molecular weight excluding hydrogens is 254 g/mol. The Bertz CT molecular complexity index is 551. The van der Waals surface area contributed by atoms with Gasteiger partial charge in [0.15, 0.2) is 0 Å². The van der Waals surface area contributed by atoms with Gasteiger partial charge in [0.1, 0.15) is 6.33 Å². The van der Waals surface area contributed by atoms with Gasteiger partial charge >= 0.3 is 0 Å². The Balaban J connectivity index is 2.06. The average Bonchev–Trinajstić information content (AvgIpc) is 2.49. The van der Waals surface area contributed by atoms with Crippen LogP contribution in [0.5, 0.6) is 11.8 Å². The van der Waals surface area contributed by atoms with Crippen molar-refractivity contribution in [3.63, 3.8) is 0 Å². The molecule has 106 valence electrons. The maximum absolute atomic E-state index is 5.24. The van der Waals surface area contributed by atoms with E-state index >= 15 is 0 Å². The molecule has 20 heavy (non-hydrogen) atoms. The quantitative estimate of drug-likeness (QED) is 0.873. The summed E-state index contributed by atoms with van der Waals surface area (Å²) in [5, 5.41) is 3.37. The topological polar surface area (TPSA) is 56.3 Å². The van der Waals surface area contributed by atoms with E-state index < -0.39 is 0 Å². The van der Waals surface area contributed by atoms with Gasteiger partial charge < -0.3 is 14.8 Å². The third kappa shape index (κ3) is 3.24. The Morgan fingerprint density at radius 3 is 2.25 bits per heavy atom. The molecule has 5 heteroatoms. The summed E-state index contributed by atoms with van der Waals surface area (Å²) in [4.78, 5) is 8.19. The minimum Gasteiger partial charge on any atom is -0.481 e. The summed E-state index contributed by atoms with van der Waals surface area (Å²) in [6, 6.07) is 8.29. The molecule has 0 aliphatic rings. The summed E-state index contributed by atoms with van der Waals surface area (Å²) < 4.78 is 10.5. The molecule has 1 aromatic heterocycles. The molecule has 0 bridgehead atoms. The van der Waals surface area contributed by atoms with Crippen molar-refractivity contribution in [2.24, 2.45) is 0 Å². The first kappa shape index (κ1) is 14.3. The van der Waals surface area contributed by atoms with E-state index in [0.717, 1.165) is 12.1 Å². The number of hydrogen-bond acceptors (Lipinski definition) is 5. The minimum atomic E-state index is 0.536. The van der Waals surface area contributed by atoms with Crippen LogP contribution in [0.3, 0.4) is 0 Å². The van der Waals surface area contributed by atoms with E-state index in [2.05, 4.69) is 34.3 Å². The van der Waals surface area contributed by atoms with Crippen LogP contribution in [0.1, 0.15) is 16.7 Å². The second-order valence-corrected chi connectivity index (χ2v) is 4.40. The smallest absolute Gasteiger partial charge is 0.224 e. The fraction of sp³-hybridized carbons (Fsp3) is 0.333. The Hall–Kier alpha value is -2.14. The zero-order chi connectivity index (χ0) is 14.4. The predicted molar refractivity (Wildman–Crippen MR) is 76.9 cm³/mol. The van der Waals surface area contributed by atoms with Crippen molar-refractivity contribution in [1.82, 2.24) is 15.3 Å². The van der Waals surface area contributed by atoms with Crippen molar-refractivity contribution in [1.29, 1.82) is 0 Å². The van der Waals surface area contributed by atoms with Gasteiger partial charge in [0.05, 0.1) is 19.8 Å². The lowest BCUT2D eigenvalue weighted by atomic mass is 10.1. The number of nitrogens with zero attached hydrogens (tertiary/aromatic N) is 2. The fourth-order valence-corrected chi connectivity index (χ4v) is 2.01. The molecular formula is C15H19N3O2. The van der Waals surface area contributed by atoms with Crippen molar-refractivity contribution in [2.75, 3.05) is 14.2 Å². The lowest BCUT2D eigenvalue weighted by Crippen LogP contribution is -2.15. The van der Waals surface area contributed by atoms with E-state index in [-0.39, 0.29) is 0 Å². The lowest BCUT2D eigenvalue weighted by molar-refractivity contribution is 0.359. The molecule has 0 aliphatic carbocycles. The van der Waals surface area contributed by atoms with Crippen molar-refractivity contribution in [2.45, 2.75) is 20.0 Å². The van der Waals surface area contributed by atoms with Gasteiger partial charge in [0.2, 0.25) is 11.8 Å². The first-order valence-electron chi connectivity index (χ1n) is 6.43. The molecule has 0 saturated carbocycles. The zero-order valence-corrected chi connectivity index (χ0v) is 12.0. The van der Waals surface area contributed by atoms with Crippen LogP contribution in [0.4, 0.5) is 0 Å². The molecule has 0 aliphatic heterocycles. The first-order valence-corrected chi connectivity index (χ1v) is 6.43. The van der Waals surface area contributed by atoms with Crippen molar-refractivity contribution in [3.8, 4) is 11.8 Å². The summed E-state index contributed by atoms with van der Waals surface area (Å²) in [7, 11) is 3.18. The van der Waals surface area contributed by atoms with E-state index in [0.29, 0.717) is 18.3 Å². The molecule has 1 N–H and O–H groups in total. The summed E-state index contributed by atoms with van der Waals surface area (Å²) in [5.41, 5.74) is 3.36. The molecule has 0 atom stereocenters. The van der Waals surface area contributed by atoms with Crippen LogP contribution in [-0.4, -0.2) is 24.2 Å². The van der Waals surface area contributed by atoms with Crippen molar-refractivity contribution in [3.05, 3.63) is 47.3 Å². The standard InChI is InChI=1S/C15H19N3O2/c1-11-6-4-5-7-12(11)8-16-9-13-14(19-2)17-10-18-15(13)20-3/h4-7,10,16H,8-9H2,1-3H3. The van der Waals surface area contributed by atoms with Gasteiger partial charge in [-0.2, -0.15) is 0 Å². The van der Waals surface area contributed by atoms with Crippen LogP contribution in [0.2, 0.25) is 0 Å². The number of ether oxygens (including phenoxy) is 2. The summed E-state index contributed by atoms with van der Waals surface area (Å²) in [6.07, 6.45) is 1.43. The summed E-state index contributed by atoms with van der Waals surface area (Å²) in [6.45, 7) is 3.46. The number of rotatable bonds is 6. The van der Waals surface area contributed by atoms with Gasteiger partial charge in [-0.05, 0) is 18.1 Å². The van der Waals surface area contributed by atoms with Gasteiger partial charge in [-0.25, -0.2) is 9.97 Å². The van der Waals surface area contributed by atoms with Crippen LogP contribution in [0.25, 0.3) is 0 Å². The molecule has 2 rings (SSSR count). The highest BCUT2D eigenvalue weighted by molar-refractivity contribution is 5.34. The average molecular weight is 273 g/mol. The molecule has 1 heterocycles. The second-order valence-electron chi connectivity index (χ2n) is 4.40. The number of benzene rings is 1. The predicted octanol–water partition coefficient (Wildman–Crippen LogP) is 2.09. The van der Waals surface area contributed by atoms with Crippen molar-refractivity contribution < 1.29 is 9.47 Å². The first-order chi connectivity index (χ1) is 9.76. The summed E-state index contributed by atoms with van der Waals surface area (Å²) >= 11 is 0. The fourth-order valence-electron chi connectivity index (χ4n) is 2.01. The second kappa shape index (κ2) is 6.86. The maximum Gasteiger partial charge on any atom is 0.224 e. The minimum absolute atomic E-state index is 0.536. The Labute approximate surface area is 119 Å². The normalized spacial score (nSPS) is 10.3. The molecule has 2 aromatic rings. The number of methoxy groups -OCH3 is 2. The Morgan fingerprint density at radius 1 is 1.00 bits per heavy atom. The van der Waals surface area contributed by atoms with Gasteiger partial charge in [-0.3, -0.25) is 0 Å². The van der Waals surface area contributed by atoms with Crippen LogP contribution in [0, 0.1) is 6.92 Å². The molecule has 1 aromatic carbocycles. The van der Waals surface area contributed by atoms with Crippen LogP contribution >= 0.6 is 0 Å². The molecule has 0 spiro atoms. The highest BCUT2D eigenvalue weighted by atomic mass is 16.5. The van der Waals surface area contributed by atoms with Crippen molar-refractivity contribution >= 4 is 0 Å². The maximum atomic E-state index is 5.24. The van der Waals surface area contributed by atoms with E-state index in [1.54, 1.807) is 14.2 Å². The van der Waals surface area contributed by atoms with Crippen LogP contribution < -0.4 is 14.8 Å². The van der Waals surface area contributed by atoms with E-state index in [1.165, 1.54) is 17.5 Å². The highest BCUT2D eigenvalue weighted by Gasteiger charge is 2.12. The van der Waals surface area contributed by atoms with Gasteiger partial charge in [0, 0.05) is 13.1 Å². The third-order valence-corrected chi connectivity index (χ3v) is 3.13. The number of aryl methyl sites for hydroxylation is 1. The van der Waals surface area contributed by atoms with Crippen LogP contribution in [0.15, 0.2) is 30.6 Å². The molecule has 0 radical (unpaired) electrons. The zero-order valence-electron chi connectivity index (χ0n) is 12.0. The van der Waals surface area contributed by atoms with Gasteiger partial charge in [-0.15, -0.1) is 0 Å². The molecule has 0 saturated heterocycles. The molecule has 0 fully saturated rings. The van der Waals surface area contributed by atoms with Crippen LogP contribution in [-0.2, 0) is 13.1 Å². The third-order valence-electron chi connectivity index (χ3n) is 3.13. The largest absolute Gasteiger partial charge is 0.481 e. The lowest BCUT2D eigenvalue weighted by Gasteiger charge is -2.12. The Morgan fingerprint density at radius 2 is 1.65 bits per heavy atom. The Kier molecular flexibility index (Phi) is 4.90. The van der Waals surface area contributed by atoms with Gasteiger partial charge in [-0.1, -0.05) is 24.3 Å². The summed E-state index contributed by atoms with van der Waals surface area (Å²) in [5.74, 6) is 1.07. The van der Waals surface area contributed by atoms with E-state index in [9.17, 15) is 0 Å². The molecule has 0 amide bonds. The van der Waals surface area contributed by atoms with Gasteiger partial charge in [0.25, 0.3) is 0 Å². The molecule has 0 unspecified atom stereocenters. The SMILES string of the molecule is COc1ncnc(OC)c1CNCc1ccccc1C. The van der Waals surface area contributed by atoms with E-state index in [1.807, 2.05) is 12.1 Å². The molecule has 5 nitrogen and oxygen atoms in total. The number of aromatic nitrogens is 2. The monoisotopic (exact) mass is 273 g/mol. The number of nitrogens with one attached hydrogen (secondary N) is 1. The number of hydrogen-bond donors (Lipinski definition) is 1.